The maximum atomic E-state index is 5.44. The van der Waals surface area contributed by atoms with E-state index in [1.165, 1.54) is 0 Å². The summed E-state index contributed by atoms with van der Waals surface area (Å²) in [7, 11) is 0. The minimum atomic E-state index is 0.352. The lowest BCUT2D eigenvalue weighted by molar-refractivity contribution is 0.0293. The Balaban J connectivity index is 2.13. The van der Waals surface area contributed by atoms with Crippen molar-refractivity contribution >= 4 is 0 Å². The molecule has 0 aromatic carbocycles. The van der Waals surface area contributed by atoms with Crippen molar-refractivity contribution in [3.63, 3.8) is 0 Å². The lowest BCUT2D eigenvalue weighted by Crippen LogP contribution is -2.33. The first-order chi connectivity index (χ1) is 4.93. The lowest BCUT2D eigenvalue weighted by atomic mass is 10.2. The van der Waals surface area contributed by atoms with Crippen LogP contribution in [0.2, 0.25) is 0 Å². The quantitative estimate of drug-likeness (QED) is 0.524. The maximum Gasteiger partial charge on any atom is 0.0751 e. The van der Waals surface area contributed by atoms with Crippen molar-refractivity contribution in [3.05, 3.63) is 12.2 Å². The molecule has 0 aromatic rings. The number of morpholine rings is 1. The molecule has 1 atom stereocenters. The van der Waals surface area contributed by atoms with Crippen molar-refractivity contribution in [2.24, 2.45) is 0 Å². The van der Waals surface area contributed by atoms with Crippen LogP contribution < -0.4 is 5.32 Å². The smallest absolute Gasteiger partial charge is 0.0751 e. The second-order valence-electron chi connectivity index (χ2n) is 2.43. The fourth-order valence-corrected chi connectivity index (χ4v) is 1.00. The Morgan fingerprint density at radius 3 is 3.20 bits per heavy atom. The molecule has 2 heteroatoms. The summed E-state index contributed by atoms with van der Waals surface area (Å²) in [5.74, 6) is 0. The van der Waals surface area contributed by atoms with E-state index in [1.807, 2.05) is 6.92 Å². The Labute approximate surface area is 62.3 Å². The van der Waals surface area contributed by atoms with Crippen LogP contribution in [0.15, 0.2) is 12.2 Å². The average Bonchev–Trinajstić information content (AvgIpc) is 2.03. The van der Waals surface area contributed by atoms with Crippen molar-refractivity contribution in [2.75, 3.05) is 19.7 Å². The second kappa shape index (κ2) is 4.47. The van der Waals surface area contributed by atoms with Crippen LogP contribution in [-0.2, 0) is 4.74 Å². The molecule has 0 aromatic heterocycles. The maximum absolute atomic E-state index is 5.44. The minimum Gasteiger partial charge on any atom is -0.375 e. The van der Waals surface area contributed by atoms with Crippen LogP contribution in [0.1, 0.15) is 13.3 Å². The molecule has 0 N–H and O–H groups in total. The Morgan fingerprint density at radius 1 is 1.70 bits per heavy atom. The van der Waals surface area contributed by atoms with Gasteiger partial charge in [0.15, 0.2) is 0 Å². The summed E-state index contributed by atoms with van der Waals surface area (Å²) in [6.07, 6.45) is 5.55. The molecule has 1 saturated heterocycles. The topological polar surface area (TPSA) is 23.3 Å². The molecule has 0 saturated carbocycles. The zero-order chi connectivity index (χ0) is 7.23. The lowest BCUT2D eigenvalue weighted by Gasteiger charge is -2.20. The summed E-state index contributed by atoms with van der Waals surface area (Å²) >= 11 is 0. The molecule has 1 radical (unpaired) electrons. The van der Waals surface area contributed by atoms with Crippen molar-refractivity contribution in [2.45, 2.75) is 19.4 Å². The van der Waals surface area contributed by atoms with E-state index in [-0.39, 0.29) is 0 Å². The zero-order valence-corrected chi connectivity index (χ0v) is 6.42. The molecule has 0 aliphatic carbocycles. The summed E-state index contributed by atoms with van der Waals surface area (Å²) in [6.45, 7) is 4.60. The minimum absolute atomic E-state index is 0.352. The highest BCUT2D eigenvalue weighted by Crippen LogP contribution is 2.02. The molecule has 0 spiro atoms. The van der Waals surface area contributed by atoms with Crippen LogP contribution >= 0.6 is 0 Å². The predicted molar refractivity (Wildman–Crippen MR) is 41.0 cm³/mol. The molecule has 1 unspecified atom stereocenters. The molecule has 0 bridgehead atoms. The molecule has 0 amide bonds. The number of ether oxygens (including phenoxy) is 1. The molecule has 57 valence electrons. The standard InChI is InChI=1S/C8H14NO/c1-2-3-4-8-7-9-5-6-10-8/h2-3,8H,4-7H2,1H3/b3-2+. The highest BCUT2D eigenvalue weighted by atomic mass is 16.5. The highest BCUT2D eigenvalue weighted by Gasteiger charge is 2.11. The van der Waals surface area contributed by atoms with Gasteiger partial charge in [0.2, 0.25) is 0 Å². The summed E-state index contributed by atoms with van der Waals surface area (Å²) in [5, 5.41) is 4.25. The van der Waals surface area contributed by atoms with Gasteiger partial charge in [0, 0.05) is 13.1 Å². The largest absolute Gasteiger partial charge is 0.375 e. The molecule has 1 rings (SSSR count). The number of rotatable bonds is 2. The normalized spacial score (nSPS) is 27.5. The van der Waals surface area contributed by atoms with Gasteiger partial charge in [-0.15, -0.1) is 0 Å². The molecule has 1 fully saturated rings. The third-order valence-corrected chi connectivity index (χ3v) is 1.57. The van der Waals surface area contributed by atoms with Gasteiger partial charge >= 0.3 is 0 Å². The first kappa shape index (κ1) is 7.76. The van der Waals surface area contributed by atoms with Gasteiger partial charge in [-0.25, -0.2) is 5.32 Å². The molecule has 10 heavy (non-hydrogen) atoms. The molecule has 1 aliphatic heterocycles. The summed E-state index contributed by atoms with van der Waals surface area (Å²) < 4.78 is 5.44. The molecule has 2 nitrogen and oxygen atoms in total. The monoisotopic (exact) mass is 140 g/mol. The highest BCUT2D eigenvalue weighted by molar-refractivity contribution is 4.82. The number of hydrogen-bond donors (Lipinski definition) is 0. The van der Waals surface area contributed by atoms with E-state index in [1.54, 1.807) is 0 Å². The van der Waals surface area contributed by atoms with E-state index in [0.29, 0.717) is 6.10 Å². The van der Waals surface area contributed by atoms with Gasteiger partial charge in [-0.05, 0) is 13.3 Å². The van der Waals surface area contributed by atoms with E-state index >= 15 is 0 Å². The Kier molecular flexibility index (Phi) is 3.47. The van der Waals surface area contributed by atoms with Gasteiger partial charge in [-0.1, -0.05) is 12.2 Å². The van der Waals surface area contributed by atoms with Gasteiger partial charge in [0.05, 0.1) is 12.7 Å². The molecule has 1 aliphatic rings. The molecular formula is C8H14NO. The van der Waals surface area contributed by atoms with Gasteiger partial charge in [-0.2, -0.15) is 0 Å². The first-order valence-corrected chi connectivity index (χ1v) is 3.79. The number of hydrogen-bond acceptors (Lipinski definition) is 1. The molecule has 1 heterocycles. The Morgan fingerprint density at radius 2 is 2.60 bits per heavy atom. The van der Waals surface area contributed by atoms with Crippen molar-refractivity contribution in [1.29, 1.82) is 0 Å². The van der Waals surface area contributed by atoms with Crippen LogP contribution in [0.5, 0.6) is 0 Å². The fraction of sp³-hybridized carbons (Fsp3) is 0.750. The molecular weight excluding hydrogens is 126 g/mol. The Bertz CT molecular complexity index is 106. The number of allylic oxidation sites excluding steroid dienone is 1. The van der Waals surface area contributed by atoms with Crippen LogP contribution in [0, 0.1) is 0 Å². The van der Waals surface area contributed by atoms with Crippen molar-refractivity contribution < 1.29 is 4.74 Å². The van der Waals surface area contributed by atoms with E-state index in [2.05, 4.69) is 17.5 Å². The summed E-state index contributed by atoms with van der Waals surface area (Å²) in [6, 6.07) is 0. The summed E-state index contributed by atoms with van der Waals surface area (Å²) in [5.41, 5.74) is 0. The van der Waals surface area contributed by atoms with E-state index < -0.39 is 0 Å². The van der Waals surface area contributed by atoms with Crippen molar-refractivity contribution in [1.82, 2.24) is 5.32 Å². The van der Waals surface area contributed by atoms with Crippen molar-refractivity contribution in [3.8, 4) is 0 Å². The van der Waals surface area contributed by atoms with Crippen LogP contribution in [-0.4, -0.2) is 25.8 Å². The zero-order valence-electron chi connectivity index (χ0n) is 6.42. The van der Waals surface area contributed by atoms with E-state index in [0.717, 1.165) is 26.1 Å². The second-order valence-corrected chi connectivity index (χ2v) is 2.43. The van der Waals surface area contributed by atoms with E-state index in [4.69, 9.17) is 4.74 Å². The third-order valence-electron chi connectivity index (χ3n) is 1.57. The fourth-order valence-electron chi connectivity index (χ4n) is 1.00. The number of nitrogens with zero attached hydrogens (tertiary/aromatic N) is 1. The third kappa shape index (κ3) is 2.50. The van der Waals surface area contributed by atoms with Crippen LogP contribution in [0.4, 0.5) is 0 Å². The van der Waals surface area contributed by atoms with Gasteiger partial charge in [0.25, 0.3) is 0 Å². The Hall–Kier alpha value is -0.340. The summed E-state index contributed by atoms with van der Waals surface area (Å²) in [4.78, 5) is 0. The predicted octanol–water partition coefficient (Wildman–Crippen LogP) is 0.956. The van der Waals surface area contributed by atoms with E-state index in [9.17, 15) is 0 Å². The van der Waals surface area contributed by atoms with Crippen LogP contribution in [0.25, 0.3) is 0 Å². The van der Waals surface area contributed by atoms with Gasteiger partial charge in [0.1, 0.15) is 0 Å². The van der Waals surface area contributed by atoms with Gasteiger partial charge in [-0.3, -0.25) is 0 Å². The SMILES string of the molecule is C/C=C/CC1C[N]CCO1. The average molecular weight is 140 g/mol. The van der Waals surface area contributed by atoms with Crippen LogP contribution in [0.3, 0.4) is 0 Å². The first-order valence-electron chi connectivity index (χ1n) is 3.79. The van der Waals surface area contributed by atoms with Gasteiger partial charge < -0.3 is 4.74 Å².